The Labute approximate surface area is 231 Å². The summed E-state index contributed by atoms with van der Waals surface area (Å²) in [6, 6.07) is 6.76. The Hall–Kier alpha value is -2.96. The van der Waals surface area contributed by atoms with Gasteiger partial charge in [0.1, 0.15) is 23.4 Å². The lowest BCUT2D eigenvalue weighted by atomic mass is 10.1. The highest BCUT2D eigenvalue weighted by Crippen LogP contribution is 2.49. The van der Waals surface area contributed by atoms with Crippen molar-refractivity contribution in [3.8, 4) is 0 Å². The predicted octanol–water partition coefficient (Wildman–Crippen LogP) is 5.20. The number of nitrogens with zero attached hydrogens (tertiary/aromatic N) is 3. The van der Waals surface area contributed by atoms with Crippen LogP contribution in [0.25, 0.3) is 11.2 Å². The number of carbonyl (C=O) groups excluding carboxylic acids is 1. The number of aromatic nitrogens is 3. The minimum Gasteiger partial charge on any atom is -0.374 e. The van der Waals surface area contributed by atoms with Crippen molar-refractivity contribution in [2.45, 2.75) is 75.0 Å². The second-order valence-electron chi connectivity index (χ2n) is 11.0. The van der Waals surface area contributed by atoms with Crippen molar-refractivity contribution in [3.63, 3.8) is 0 Å². The van der Waals surface area contributed by atoms with Crippen molar-refractivity contribution < 1.29 is 31.5 Å². The molecular formula is C28H32F2N4O5S. The number of hydrogen-bond acceptors (Lipinski definition) is 8. The number of Topliss-reactive ketones (excluding diaryl/α,β-unsaturated/α-hetero) is 1. The number of anilines is 2. The van der Waals surface area contributed by atoms with E-state index in [4.69, 9.17) is 14.5 Å². The zero-order chi connectivity index (χ0) is 28.2. The fourth-order valence-electron chi connectivity index (χ4n) is 5.68. The highest BCUT2D eigenvalue weighted by molar-refractivity contribution is 7.90. The summed E-state index contributed by atoms with van der Waals surface area (Å²) in [6.07, 6.45) is 4.40. The minimum atomic E-state index is -3.64. The predicted molar refractivity (Wildman–Crippen MR) is 144 cm³/mol. The number of ether oxygens (including phenoxy) is 2. The average Bonchev–Trinajstić information content (AvgIpc) is 3.24. The van der Waals surface area contributed by atoms with E-state index in [0.29, 0.717) is 47.3 Å². The van der Waals surface area contributed by atoms with E-state index in [1.54, 1.807) is 18.2 Å². The number of carbonyl (C=O) groups is 1. The molecule has 3 fully saturated rings. The van der Waals surface area contributed by atoms with Crippen molar-refractivity contribution in [1.82, 2.24) is 14.5 Å². The minimum absolute atomic E-state index is 0.104. The number of aryl methyl sites for hydroxylation is 1. The van der Waals surface area contributed by atoms with Gasteiger partial charge in [-0.1, -0.05) is 6.07 Å². The van der Waals surface area contributed by atoms with E-state index in [1.807, 2.05) is 17.6 Å². The van der Waals surface area contributed by atoms with E-state index >= 15 is 0 Å². The van der Waals surface area contributed by atoms with E-state index in [9.17, 15) is 22.0 Å². The lowest BCUT2D eigenvalue weighted by Crippen LogP contribution is -2.20. The van der Waals surface area contributed by atoms with Gasteiger partial charge in [0.05, 0.1) is 34.0 Å². The standard InChI is InChI=1S/C28H32F2N4O5S/c1-16-31-26-21(33-20-9-8-17(23-6-5-11-38-23)12-24(20)40(2,36)37)13-18(14-22(35)19-15-28(19,29)30)32-27(26)34(16)25-7-3-4-10-39-25/h8-9,12-13,19,23,25H,3-7,10-11,14-15H2,1-2H3,(H,32,33)/t19?,23-,25?/m0/s1. The zero-order valence-electron chi connectivity index (χ0n) is 22.5. The van der Waals surface area contributed by atoms with Crippen LogP contribution in [-0.2, 0) is 30.5 Å². The van der Waals surface area contributed by atoms with Crippen LogP contribution in [0.4, 0.5) is 20.2 Å². The molecule has 12 heteroatoms. The molecule has 0 amide bonds. The first-order chi connectivity index (χ1) is 19.0. The van der Waals surface area contributed by atoms with Crippen LogP contribution < -0.4 is 5.32 Å². The smallest absolute Gasteiger partial charge is 0.258 e. The number of rotatable bonds is 8. The summed E-state index contributed by atoms with van der Waals surface area (Å²) in [7, 11) is -3.64. The topological polar surface area (TPSA) is 112 Å². The van der Waals surface area contributed by atoms with E-state index < -0.39 is 33.9 Å². The molecule has 214 valence electrons. The molecule has 1 aromatic carbocycles. The summed E-state index contributed by atoms with van der Waals surface area (Å²) in [5.74, 6) is -4.19. The van der Waals surface area contributed by atoms with Crippen LogP contribution in [0, 0.1) is 12.8 Å². The molecule has 0 radical (unpaired) electrons. The maximum atomic E-state index is 13.6. The number of benzene rings is 1. The molecule has 0 bridgehead atoms. The van der Waals surface area contributed by atoms with Gasteiger partial charge in [0.2, 0.25) is 0 Å². The third-order valence-corrected chi connectivity index (χ3v) is 9.00. The van der Waals surface area contributed by atoms with Gasteiger partial charge in [0.25, 0.3) is 5.92 Å². The van der Waals surface area contributed by atoms with Crippen LogP contribution >= 0.6 is 0 Å². The number of hydrogen-bond donors (Lipinski definition) is 1. The van der Waals surface area contributed by atoms with Gasteiger partial charge >= 0.3 is 0 Å². The number of halogens is 2. The number of sulfone groups is 1. The van der Waals surface area contributed by atoms with E-state index in [-0.39, 0.29) is 23.6 Å². The van der Waals surface area contributed by atoms with Crippen LogP contribution in [-0.4, -0.2) is 54.1 Å². The largest absolute Gasteiger partial charge is 0.374 e. The normalized spacial score (nSPS) is 24.4. The molecule has 4 heterocycles. The van der Waals surface area contributed by atoms with Gasteiger partial charge in [-0.3, -0.25) is 9.36 Å². The lowest BCUT2D eigenvalue weighted by Gasteiger charge is -2.25. The molecule has 2 saturated heterocycles. The van der Waals surface area contributed by atoms with Gasteiger partial charge < -0.3 is 14.8 Å². The Morgan fingerprint density at radius 3 is 2.52 bits per heavy atom. The van der Waals surface area contributed by atoms with Crippen molar-refractivity contribution in [3.05, 3.63) is 41.3 Å². The van der Waals surface area contributed by atoms with Crippen molar-refractivity contribution in [2.75, 3.05) is 24.8 Å². The fourth-order valence-corrected chi connectivity index (χ4v) is 6.55. The molecule has 3 aromatic rings. The molecule has 2 unspecified atom stereocenters. The molecule has 40 heavy (non-hydrogen) atoms. The second-order valence-corrected chi connectivity index (χ2v) is 13.0. The quantitative estimate of drug-likeness (QED) is 0.391. The molecule has 0 spiro atoms. The van der Waals surface area contributed by atoms with Gasteiger partial charge in [-0.2, -0.15) is 0 Å². The molecule has 2 aliphatic heterocycles. The monoisotopic (exact) mass is 574 g/mol. The summed E-state index contributed by atoms with van der Waals surface area (Å²) in [5.41, 5.74) is 2.79. The fraction of sp³-hybridized carbons (Fsp3) is 0.536. The summed E-state index contributed by atoms with van der Waals surface area (Å²) in [5, 5.41) is 3.22. The zero-order valence-corrected chi connectivity index (χ0v) is 23.3. The summed E-state index contributed by atoms with van der Waals surface area (Å²) < 4.78 is 66.6. The van der Waals surface area contributed by atoms with Crippen LogP contribution in [0.2, 0.25) is 0 Å². The van der Waals surface area contributed by atoms with Crippen LogP contribution in [0.15, 0.2) is 29.2 Å². The maximum Gasteiger partial charge on any atom is 0.258 e. The third-order valence-electron chi connectivity index (χ3n) is 7.87. The molecule has 3 aliphatic rings. The van der Waals surface area contributed by atoms with Crippen LogP contribution in [0.5, 0.6) is 0 Å². The first-order valence-electron chi connectivity index (χ1n) is 13.6. The first kappa shape index (κ1) is 27.2. The van der Waals surface area contributed by atoms with Gasteiger partial charge in [-0.25, -0.2) is 27.2 Å². The number of fused-ring (bicyclic) bond motifs is 1. The van der Waals surface area contributed by atoms with Crippen molar-refractivity contribution in [2.24, 2.45) is 5.92 Å². The highest BCUT2D eigenvalue weighted by atomic mass is 32.2. The number of ketones is 1. The number of alkyl halides is 2. The summed E-state index contributed by atoms with van der Waals surface area (Å²) >= 11 is 0. The summed E-state index contributed by atoms with van der Waals surface area (Å²) in [4.78, 5) is 22.2. The highest BCUT2D eigenvalue weighted by Gasteiger charge is 2.60. The van der Waals surface area contributed by atoms with Gasteiger partial charge in [0.15, 0.2) is 15.5 Å². The van der Waals surface area contributed by atoms with Gasteiger partial charge in [-0.05, 0) is 62.8 Å². The Morgan fingerprint density at radius 1 is 1.10 bits per heavy atom. The Balaban J connectivity index is 1.43. The molecule has 1 N–H and O–H groups in total. The summed E-state index contributed by atoms with van der Waals surface area (Å²) in [6.45, 7) is 3.06. The molecule has 2 aromatic heterocycles. The van der Waals surface area contributed by atoms with E-state index in [1.165, 1.54) is 0 Å². The Morgan fingerprint density at radius 2 is 1.88 bits per heavy atom. The van der Waals surface area contributed by atoms with Crippen LogP contribution in [0.3, 0.4) is 0 Å². The molecular weight excluding hydrogens is 542 g/mol. The number of imidazole rings is 1. The SMILES string of the molecule is Cc1nc2c(Nc3ccc([C@@H]4CCCO4)cc3S(C)(=O)=O)cc(CC(=O)C3CC3(F)F)nc2n1C1CCCCO1. The molecule has 1 aliphatic carbocycles. The average molecular weight is 575 g/mol. The maximum absolute atomic E-state index is 13.6. The van der Waals surface area contributed by atoms with Gasteiger partial charge in [-0.15, -0.1) is 0 Å². The number of nitrogens with one attached hydrogen (secondary N) is 1. The van der Waals surface area contributed by atoms with Crippen molar-refractivity contribution in [1.29, 1.82) is 0 Å². The third kappa shape index (κ3) is 5.24. The lowest BCUT2D eigenvalue weighted by molar-refractivity contribution is -0.121. The Bertz CT molecular complexity index is 1580. The van der Waals surface area contributed by atoms with Crippen LogP contribution in [0.1, 0.15) is 67.9 Å². The van der Waals surface area contributed by atoms with Crippen molar-refractivity contribution >= 4 is 38.2 Å². The molecule has 9 nitrogen and oxygen atoms in total. The molecule has 6 rings (SSSR count). The van der Waals surface area contributed by atoms with Gasteiger partial charge in [0, 0.05) is 32.3 Å². The second kappa shape index (κ2) is 10.1. The number of pyridine rings is 1. The molecule has 3 atom stereocenters. The van der Waals surface area contributed by atoms with E-state index in [2.05, 4.69) is 10.3 Å². The van der Waals surface area contributed by atoms with E-state index in [0.717, 1.165) is 43.9 Å². The first-order valence-corrected chi connectivity index (χ1v) is 15.5. The Kier molecular flexibility index (Phi) is 6.90. The molecule has 1 saturated carbocycles.